The molecule has 0 spiro atoms. The van der Waals surface area contributed by atoms with Crippen LogP contribution in [0.2, 0.25) is 0 Å². The zero-order chi connectivity index (χ0) is 27.1. The standard InChI is InChI=1S/C33H51NO4/c1-21(5-14-31(37)34-18-16-22-6-9-25(38-4)10-7-22)27-12-13-28-26-11-8-23-19-24(35)15-17-32(23,2)29(26)20-30(36)33(27,28)3/h6-7,9-10,21,23-24,26-30,35-36H,5,8,11-20H2,1-4H3,(H,34,37)/t21-,23+,24-,26+,27+,28-,29-,30+,32+,33-/m1/s1. The lowest BCUT2D eigenvalue weighted by Gasteiger charge is -2.62. The van der Waals surface area contributed by atoms with Crippen molar-refractivity contribution in [2.75, 3.05) is 13.7 Å². The number of hydrogen-bond acceptors (Lipinski definition) is 4. The summed E-state index contributed by atoms with van der Waals surface area (Å²) in [5.41, 5.74) is 1.43. The summed E-state index contributed by atoms with van der Waals surface area (Å²) in [7, 11) is 1.67. The molecule has 5 rings (SSSR count). The molecule has 0 saturated heterocycles. The highest BCUT2D eigenvalue weighted by molar-refractivity contribution is 5.75. The first-order valence-electron chi connectivity index (χ1n) is 15.4. The largest absolute Gasteiger partial charge is 0.497 e. The van der Waals surface area contributed by atoms with Crippen LogP contribution in [0.4, 0.5) is 0 Å². The second-order valence-corrected chi connectivity index (χ2v) is 13.9. The van der Waals surface area contributed by atoms with Gasteiger partial charge in [-0.1, -0.05) is 32.9 Å². The van der Waals surface area contributed by atoms with E-state index in [-0.39, 0.29) is 28.9 Å². The summed E-state index contributed by atoms with van der Waals surface area (Å²) >= 11 is 0. The van der Waals surface area contributed by atoms with Crippen molar-refractivity contribution >= 4 is 5.91 Å². The van der Waals surface area contributed by atoms with E-state index < -0.39 is 0 Å². The van der Waals surface area contributed by atoms with Crippen LogP contribution in [0.25, 0.3) is 0 Å². The monoisotopic (exact) mass is 525 g/mol. The van der Waals surface area contributed by atoms with Crippen LogP contribution in [0.3, 0.4) is 0 Å². The number of rotatable bonds is 8. The van der Waals surface area contributed by atoms with Gasteiger partial charge in [0, 0.05) is 13.0 Å². The normalized spacial score (nSPS) is 40.9. The van der Waals surface area contributed by atoms with Crippen LogP contribution in [-0.2, 0) is 11.2 Å². The lowest BCUT2D eigenvalue weighted by molar-refractivity contribution is -0.174. The maximum atomic E-state index is 12.7. The van der Waals surface area contributed by atoms with Crippen LogP contribution in [0.1, 0.15) is 90.5 Å². The Bertz CT molecular complexity index is 964. The molecule has 4 aliphatic carbocycles. The molecular formula is C33H51NO4. The molecule has 0 unspecified atom stereocenters. The number of ether oxygens (including phenoxy) is 1. The fourth-order valence-electron chi connectivity index (χ4n) is 9.95. The molecular weight excluding hydrogens is 474 g/mol. The molecule has 0 aromatic heterocycles. The molecule has 0 aliphatic heterocycles. The van der Waals surface area contributed by atoms with Crippen LogP contribution in [-0.4, -0.2) is 42.0 Å². The molecule has 4 fully saturated rings. The van der Waals surface area contributed by atoms with Gasteiger partial charge in [-0.05, 0) is 128 Å². The Morgan fingerprint density at radius 3 is 2.55 bits per heavy atom. The number of aliphatic hydroxyl groups is 2. The van der Waals surface area contributed by atoms with Gasteiger partial charge in [0.25, 0.3) is 0 Å². The summed E-state index contributed by atoms with van der Waals surface area (Å²) in [6.45, 7) is 7.85. The zero-order valence-electron chi connectivity index (χ0n) is 24.1. The van der Waals surface area contributed by atoms with E-state index in [9.17, 15) is 15.0 Å². The van der Waals surface area contributed by atoms with Crippen molar-refractivity contribution in [1.82, 2.24) is 5.32 Å². The topological polar surface area (TPSA) is 78.8 Å². The fourth-order valence-corrected chi connectivity index (χ4v) is 9.95. The average molecular weight is 526 g/mol. The van der Waals surface area contributed by atoms with Crippen molar-refractivity contribution in [1.29, 1.82) is 0 Å². The number of carbonyl (C=O) groups excluding carboxylic acids is 1. The molecule has 5 heteroatoms. The summed E-state index contributed by atoms with van der Waals surface area (Å²) < 4.78 is 5.22. The summed E-state index contributed by atoms with van der Waals surface area (Å²) in [4.78, 5) is 12.7. The fraction of sp³-hybridized carbons (Fsp3) is 0.788. The number of nitrogens with one attached hydrogen (secondary N) is 1. The van der Waals surface area contributed by atoms with Crippen molar-refractivity contribution in [3.05, 3.63) is 29.8 Å². The first-order chi connectivity index (χ1) is 18.2. The van der Waals surface area contributed by atoms with E-state index in [0.29, 0.717) is 48.5 Å². The lowest BCUT2D eigenvalue weighted by Crippen LogP contribution is -2.58. The van der Waals surface area contributed by atoms with Gasteiger partial charge in [-0.2, -0.15) is 0 Å². The average Bonchev–Trinajstić information content (AvgIpc) is 3.27. The molecule has 212 valence electrons. The van der Waals surface area contributed by atoms with Crippen molar-refractivity contribution in [2.24, 2.45) is 46.3 Å². The van der Waals surface area contributed by atoms with Crippen molar-refractivity contribution in [2.45, 2.75) is 104 Å². The summed E-state index contributed by atoms with van der Waals surface area (Å²) in [5, 5.41) is 25.2. The summed E-state index contributed by atoms with van der Waals surface area (Å²) in [6.07, 6.45) is 10.7. The highest BCUT2D eigenvalue weighted by atomic mass is 16.5. The third-order valence-corrected chi connectivity index (χ3v) is 12.2. The molecule has 10 atom stereocenters. The predicted octanol–water partition coefficient (Wildman–Crippen LogP) is 5.76. The van der Waals surface area contributed by atoms with Crippen LogP contribution in [0.15, 0.2) is 24.3 Å². The third-order valence-electron chi connectivity index (χ3n) is 12.2. The molecule has 4 saturated carbocycles. The number of aliphatic hydroxyl groups excluding tert-OH is 2. The van der Waals surface area contributed by atoms with Gasteiger partial charge < -0.3 is 20.3 Å². The van der Waals surface area contributed by atoms with Gasteiger partial charge in [-0.3, -0.25) is 4.79 Å². The van der Waals surface area contributed by atoms with E-state index in [4.69, 9.17) is 4.74 Å². The van der Waals surface area contributed by atoms with Gasteiger partial charge in [0.2, 0.25) is 5.91 Å². The molecule has 1 aromatic rings. The maximum absolute atomic E-state index is 12.7. The molecule has 5 nitrogen and oxygen atoms in total. The van der Waals surface area contributed by atoms with Crippen LogP contribution < -0.4 is 10.1 Å². The summed E-state index contributed by atoms with van der Waals surface area (Å²) in [6, 6.07) is 8.02. The Morgan fingerprint density at radius 2 is 1.82 bits per heavy atom. The zero-order valence-corrected chi connectivity index (χ0v) is 24.1. The second kappa shape index (κ2) is 11.1. The van der Waals surface area contributed by atoms with E-state index in [0.717, 1.165) is 44.3 Å². The molecule has 0 heterocycles. The predicted molar refractivity (Wildman–Crippen MR) is 151 cm³/mol. The van der Waals surface area contributed by atoms with E-state index in [1.54, 1.807) is 7.11 Å². The van der Waals surface area contributed by atoms with Gasteiger partial charge >= 0.3 is 0 Å². The minimum absolute atomic E-state index is 0.0389. The Hall–Kier alpha value is -1.59. The number of fused-ring (bicyclic) bond motifs is 5. The van der Waals surface area contributed by atoms with Gasteiger partial charge in [0.15, 0.2) is 0 Å². The van der Waals surface area contributed by atoms with Crippen LogP contribution >= 0.6 is 0 Å². The second-order valence-electron chi connectivity index (χ2n) is 13.9. The van der Waals surface area contributed by atoms with E-state index in [2.05, 4.69) is 38.2 Å². The lowest BCUT2D eigenvalue weighted by atomic mass is 9.43. The Labute approximate surface area is 230 Å². The number of amides is 1. The number of methoxy groups -OCH3 is 1. The van der Waals surface area contributed by atoms with Crippen molar-refractivity contribution in [3.63, 3.8) is 0 Å². The first-order valence-corrected chi connectivity index (χ1v) is 15.4. The van der Waals surface area contributed by atoms with Gasteiger partial charge in [-0.25, -0.2) is 0 Å². The Kier molecular flexibility index (Phi) is 8.18. The van der Waals surface area contributed by atoms with Crippen molar-refractivity contribution in [3.8, 4) is 5.75 Å². The minimum Gasteiger partial charge on any atom is -0.497 e. The smallest absolute Gasteiger partial charge is 0.220 e. The van der Waals surface area contributed by atoms with Gasteiger partial charge in [0.05, 0.1) is 19.3 Å². The molecule has 1 aromatic carbocycles. The summed E-state index contributed by atoms with van der Waals surface area (Å²) in [5.74, 6) is 4.40. The highest BCUT2D eigenvalue weighted by Crippen LogP contribution is 2.68. The van der Waals surface area contributed by atoms with E-state index >= 15 is 0 Å². The highest BCUT2D eigenvalue weighted by Gasteiger charge is 2.63. The Morgan fingerprint density at radius 1 is 1.05 bits per heavy atom. The maximum Gasteiger partial charge on any atom is 0.220 e. The first kappa shape index (κ1) is 28.0. The van der Waals surface area contributed by atoms with Gasteiger partial charge in [0.1, 0.15) is 5.75 Å². The minimum atomic E-state index is -0.260. The van der Waals surface area contributed by atoms with Crippen LogP contribution in [0, 0.1) is 46.3 Å². The van der Waals surface area contributed by atoms with Gasteiger partial charge in [-0.15, -0.1) is 0 Å². The quantitative estimate of drug-likeness (QED) is 0.403. The van der Waals surface area contributed by atoms with E-state index in [1.165, 1.54) is 31.2 Å². The molecule has 0 radical (unpaired) electrons. The number of carbonyl (C=O) groups is 1. The Balaban J connectivity index is 1.15. The third kappa shape index (κ3) is 5.03. The molecule has 1 amide bonds. The van der Waals surface area contributed by atoms with Crippen molar-refractivity contribution < 1.29 is 19.7 Å². The number of hydrogen-bond donors (Lipinski definition) is 3. The molecule has 0 bridgehead atoms. The molecule has 38 heavy (non-hydrogen) atoms. The molecule has 4 aliphatic rings. The van der Waals surface area contributed by atoms with Crippen LogP contribution in [0.5, 0.6) is 5.75 Å². The molecule has 3 N–H and O–H groups in total. The van der Waals surface area contributed by atoms with E-state index in [1.807, 2.05) is 12.1 Å². The SMILES string of the molecule is COc1ccc(CCNC(=O)CC[C@@H](C)[C@@H]2CC[C@@H]3[C@@H]4CC[C@H]5C[C@H](O)CC[C@]5(C)[C@@H]4C[C@H](O)[C@@]32C)cc1. The number of benzene rings is 1.